The summed E-state index contributed by atoms with van der Waals surface area (Å²) in [7, 11) is 4.17. The summed E-state index contributed by atoms with van der Waals surface area (Å²) in [6, 6.07) is 23.2. The topological polar surface area (TPSA) is 58.0 Å². The average Bonchev–Trinajstić information content (AvgIpc) is 2.98. The Balaban J connectivity index is 1.89. The van der Waals surface area contributed by atoms with Crippen molar-refractivity contribution in [3.8, 4) is 0 Å². The molecule has 0 saturated heterocycles. The van der Waals surface area contributed by atoms with Gasteiger partial charge in [0.15, 0.2) is 0 Å². The SMILES string of the molecule is CN(C)Cc1cc2ccc(C(=N)N)cc2n1Cc1cccc2ccccc12. The molecule has 0 unspecified atom stereocenters. The van der Waals surface area contributed by atoms with E-state index in [9.17, 15) is 0 Å². The molecule has 0 radical (unpaired) electrons. The van der Waals surface area contributed by atoms with Crippen molar-refractivity contribution in [3.63, 3.8) is 0 Å². The molecule has 4 aromatic rings. The van der Waals surface area contributed by atoms with Gasteiger partial charge in [-0.3, -0.25) is 5.41 Å². The summed E-state index contributed by atoms with van der Waals surface area (Å²) in [4.78, 5) is 2.18. The first-order chi connectivity index (χ1) is 13.0. The fourth-order valence-electron chi connectivity index (χ4n) is 3.72. The molecule has 0 saturated carbocycles. The van der Waals surface area contributed by atoms with Gasteiger partial charge in [0.2, 0.25) is 0 Å². The number of nitrogen functional groups attached to an aromatic ring is 1. The van der Waals surface area contributed by atoms with Gasteiger partial charge >= 0.3 is 0 Å². The number of benzene rings is 3. The highest BCUT2D eigenvalue weighted by atomic mass is 15.1. The van der Waals surface area contributed by atoms with Crippen molar-refractivity contribution in [2.75, 3.05) is 14.1 Å². The van der Waals surface area contributed by atoms with Gasteiger partial charge in [0, 0.05) is 29.9 Å². The minimum atomic E-state index is 0.101. The van der Waals surface area contributed by atoms with Crippen LogP contribution in [-0.2, 0) is 13.1 Å². The fraction of sp³-hybridized carbons (Fsp3) is 0.174. The van der Waals surface area contributed by atoms with Gasteiger partial charge in [-0.2, -0.15) is 0 Å². The van der Waals surface area contributed by atoms with E-state index >= 15 is 0 Å². The lowest BCUT2D eigenvalue weighted by Crippen LogP contribution is -2.15. The molecule has 0 spiro atoms. The Bertz CT molecular complexity index is 1130. The van der Waals surface area contributed by atoms with E-state index in [4.69, 9.17) is 11.1 Å². The predicted molar refractivity (Wildman–Crippen MR) is 113 cm³/mol. The van der Waals surface area contributed by atoms with Crippen LogP contribution in [0.15, 0.2) is 66.7 Å². The average molecular weight is 356 g/mol. The van der Waals surface area contributed by atoms with E-state index in [1.807, 2.05) is 12.1 Å². The van der Waals surface area contributed by atoms with Crippen LogP contribution in [0.3, 0.4) is 0 Å². The van der Waals surface area contributed by atoms with Crippen molar-refractivity contribution < 1.29 is 0 Å². The van der Waals surface area contributed by atoms with Crippen LogP contribution in [0.25, 0.3) is 21.7 Å². The van der Waals surface area contributed by atoms with E-state index in [0.717, 1.165) is 24.2 Å². The first kappa shape index (κ1) is 17.3. The zero-order chi connectivity index (χ0) is 19.0. The van der Waals surface area contributed by atoms with Gasteiger partial charge in [-0.1, -0.05) is 54.6 Å². The van der Waals surface area contributed by atoms with Crippen molar-refractivity contribution in [2.24, 2.45) is 5.73 Å². The Morgan fingerprint density at radius 1 is 0.963 bits per heavy atom. The van der Waals surface area contributed by atoms with Gasteiger partial charge in [0.25, 0.3) is 0 Å². The third-order valence-electron chi connectivity index (χ3n) is 4.99. The van der Waals surface area contributed by atoms with Crippen LogP contribution in [0.4, 0.5) is 0 Å². The lowest BCUT2D eigenvalue weighted by molar-refractivity contribution is 0.390. The molecule has 27 heavy (non-hydrogen) atoms. The number of nitrogens with two attached hydrogens (primary N) is 1. The molecule has 0 aliphatic heterocycles. The number of nitrogens with one attached hydrogen (secondary N) is 1. The van der Waals surface area contributed by atoms with Crippen molar-refractivity contribution in [2.45, 2.75) is 13.1 Å². The zero-order valence-corrected chi connectivity index (χ0v) is 15.7. The van der Waals surface area contributed by atoms with E-state index in [-0.39, 0.29) is 5.84 Å². The minimum absolute atomic E-state index is 0.101. The number of nitrogens with zero attached hydrogens (tertiary/aromatic N) is 2. The number of amidine groups is 1. The second-order valence-corrected chi connectivity index (χ2v) is 7.29. The molecular formula is C23H24N4. The van der Waals surface area contributed by atoms with Crippen molar-refractivity contribution >= 4 is 27.5 Å². The second-order valence-electron chi connectivity index (χ2n) is 7.29. The molecule has 0 aliphatic rings. The Morgan fingerprint density at radius 3 is 2.52 bits per heavy atom. The van der Waals surface area contributed by atoms with Crippen LogP contribution in [0.5, 0.6) is 0 Å². The smallest absolute Gasteiger partial charge is 0.122 e. The summed E-state index contributed by atoms with van der Waals surface area (Å²) in [5, 5.41) is 11.5. The van der Waals surface area contributed by atoms with Gasteiger partial charge < -0.3 is 15.2 Å². The minimum Gasteiger partial charge on any atom is -0.384 e. The number of aromatic nitrogens is 1. The molecule has 4 rings (SSSR count). The van der Waals surface area contributed by atoms with Crippen LogP contribution >= 0.6 is 0 Å². The zero-order valence-electron chi connectivity index (χ0n) is 15.7. The van der Waals surface area contributed by atoms with E-state index < -0.39 is 0 Å². The van der Waals surface area contributed by atoms with Gasteiger partial charge in [0.05, 0.1) is 0 Å². The molecule has 0 amide bonds. The lowest BCUT2D eigenvalue weighted by atomic mass is 10.0. The van der Waals surface area contributed by atoms with Gasteiger partial charge in [-0.05, 0) is 48.0 Å². The van der Waals surface area contributed by atoms with Gasteiger partial charge in [-0.25, -0.2) is 0 Å². The van der Waals surface area contributed by atoms with Crippen LogP contribution in [0, 0.1) is 5.41 Å². The molecule has 0 bridgehead atoms. The number of hydrogen-bond donors (Lipinski definition) is 2. The summed E-state index contributed by atoms with van der Waals surface area (Å²) >= 11 is 0. The molecule has 1 aromatic heterocycles. The monoisotopic (exact) mass is 356 g/mol. The van der Waals surface area contributed by atoms with Crippen LogP contribution in [0.1, 0.15) is 16.8 Å². The maximum atomic E-state index is 7.79. The summed E-state index contributed by atoms with van der Waals surface area (Å²) in [5.41, 5.74) is 10.2. The highest BCUT2D eigenvalue weighted by Gasteiger charge is 2.13. The third-order valence-corrected chi connectivity index (χ3v) is 4.99. The Kier molecular flexibility index (Phi) is 4.42. The maximum Gasteiger partial charge on any atom is 0.122 e. The molecule has 0 fully saturated rings. The second kappa shape index (κ2) is 6.89. The number of fused-ring (bicyclic) bond motifs is 2. The molecule has 1 heterocycles. The lowest BCUT2D eigenvalue weighted by Gasteiger charge is -2.16. The summed E-state index contributed by atoms with van der Waals surface area (Å²) in [6.07, 6.45) is 0. The molecule has 0 atom stereocenters. The van der Waals surface area contributed by atoms with Crippen LogP contribution < -0.4 is 5.73 Å². The van der Waals surface area contributed by atoms with Crippen LogP contribution in [0.2, 0.25) is 0 Å². The normalized spacial score (nSPS) is 11.5. The number of rotatable bonds is 5. The molecule has 0 aliphatic carbocycles. The molecule has 3 aromatic carbocycles. The molecular weight excluding hydrogens is 332 g/mol. The first-order valence-electron chi connectivity index (χ1n) is 9.11. The van der Waals surface area contributed by atoms with Crippen LogP contribution in [-0.4, -0.2) is 29.4 Å². The molecule has 136 valence electrons. The van der Waals surface area contributed by atoms with E-state index in [1.165, 1.54) is 27.4 Å². The van der Waals surface area contributed by atoms with Crippen molar-refractivity contribution in [1.82, 2.24) is 9.47 Å². The Morgan fingerprint density at radius 2 is 1.74 bits per heavy atom. The summed E-state index contributed by atoms with van der Waals surface area (Å²) in [6.45, 7) is 1.64. The Hall–Kier alpha value is -3.11. The van der Waals surface area contributed by atoms with Crippen molar-refractivity contribution in [3.05, 3.63) is 83.6 Å². The van der Waals surface area contributed by atoms with Crippen molar-refractivity contribution in [1.29, 1.82) is 5.41 Å². The molecule has 4 heteroatoms. The highest BCUT2D eigenvalue weighted by molar-refractivity contribution is 5.98. The summed E-state index contributed by atoms with van der Waals surface area (Å²) in [5.74, 6) is 0.101. The number of hydrogen-bond acceptors (Lipinski definition) is 2. The molecule has 3 N–H and O–H groups in total. The highest BCUT2D eigenvalue weighted by Crippen LogP contribution is 2.26. The summed E-state index contributed by atoms with van der Waals surface area (Å²) < 4.78 is 2.35. The largest absolute Gasteiger partial charge is 0.384 e. The van der Waals surface area contributed by atoms with E-state index in [1.54, 1.807) is 0 Å². The standard InChI is InChI=1S/C23H24N4/c1-26(2)15-20-12-17-10-11-18(23(24)25)13-22(17)27(20)14-19-8-5-7-16-6-3-4-9-21(16)19/h3-13H,14-15H2,1-2H3,(H3,24,25). The quantitative estimate of drug-likeness (QED) is 0.416. The fourth-order valence-corrected chi connectivity index (χ4v) is 3.72. The Labute approximate surface area is 159 Å². The van der Waals surface area contributed by atoms with Gasteiger partial charge in [0.1, 0.15) is 5.84 Å². The maximum absolute atomic E-state index is 7.79. The van der Waals surface area contributed by atoms with E-state index in [2.05, 4.69) is 78.2 Å². The van der Waals surface area contributed by atoms with E-state index in [0.29, 0.717) is 0 Å². The van der Waals surface area contributed by atoms with Gasteiger partial charge in [-0.15, -0.1) is 0 Å². The first-order valence-corrected chi connectivity index (χ1v) is 9.11. The predicted octanol–water partition coefficient (Wildman–Crippen LogP) is 4.19. The third kappa shape index (κ3) is 3.32. The molecule has 4 nitrogen and oxygen atoms in total.